The number of hydrogen-bond donors (Lipinski definition) is 1. The van der Waals surface area contributed by atoms with Crippen LogP contribution in [0.1, 0.15) is 50.2 Å². The van der Waals surface area contributed by atoms with Crippen molar-refractivity contribution < 1.29 is 9.21 Å². The lowest BCUT2D eigenvalue weighted by molar-refractivity contribution is -0.122. The molecule has 0 aromatic carbocycles. The molecule has 0 spiro atoms. The zero-order valence-electron chi connectivity index (χ0n) is 12.6. The molecule has 5 nitrogen and oxygen atoms in total. The molecule has 1 saturated heterocycles. The van der Waals surface area contributed by atoms with Crippen molar-refractivity contribution >= 4 is 5.91 Å². The molecule has 2 heterocycles. The molecule has 5 heteroatoms. The Hall–Kier alpha value is -1.80. The van der Waals surface area contributed by atoms with Gasteiger partial charge in [0, 0.05) is 6.42 Å². The Morgan fingerprint density at radius 2 is 2.33 bits per heavy atom. The van der Waals surface area contributed by atoms with Gasteiger partial charge >= 0.3 is 0 Å². The van der Waals surface area contributed by atoms with Crippen molar-refractivity contribution in [3.05, 3.63) is 23.7 Å². The molecule has 114 valence electrons. The standard InChI is InChI=1S/C16H23N3O2/c1-2-13-7-8-15(21-13)14-6-4-3-5-11-19(14)12-16(20)18-10-9-17/h7-8,14H,2-6,10-12H2,1H3,(H,18,20). The van der Waals surface area contributed by atoms with Crippen LogP contribution in [-0.4, -0.2) is 30.4 Å². The lowest BCUT2D eigenvalue weighted by Crippen LogP contribution is -2.39. The van der Waals surface area contributed by atoms with E-state index in [2.05, 4.69) is 17.1 Å². The van der Waals surface area contributed by atoms with E-state index in [1.54, 1.807) is 0 Å². The van der Waals surface area contributed by atoms with Crippen LogP contribution in [0.5, 0.6) is 0 Å². The van der Waals surface area contributed by atoms with Gasteiger partial charge in [0.25, 0.3) is 0 Å². The Labute approximate surface area is 125 Å². The Bertz CT molecular complexity index is 504. The first-order valence-electron chi connectivity index (χ1n) is 7.71. The number of amides is 1. The Balaban J connectivity index is 2.07. The predicted molar refractivity (Wildman–Crippen MR) is 79.5 cm³/mol. The van der Waals surface area contributed by atoms with E-state index in [4.69, 9.17) is 9.68 Å². The van der Waals surface area contributed by atoms with Crippen molar-refractivity contribution in [3.8, 4) is 6.07 Å². The van der Waals surface area contributed by atoms with Crippen molar-refractivity contribution in [1.82, 2.24) is 10.2 Å². The van der Waals surface area contributed by atoms with Gasteiger partial charge in [0.15, 0.2) is 0 Å². The molecule has 1 aliphatic rings. The molecule has 21 heavy (non-hydrogen) atoms. The van der Waals surface area contributed by atoms with Gasteiger partial charge in [0.1, 0.15) is 18.1 Å². The zero-order valence-corrected chi connectivity index (χ0v) is 12.6. The summed E-state index contributed by atoms with van der Waals surface area (Å²) in [6.45, 7) is 3.36. The largest absolute Gasteiger partial charge is 0.464 e. The summed E-state index contributed by atoms with van der Waals surface area (Å²) in [6.07, 6.45) is 5.35. The summed E-state index contributed by atoms with van der Waals surface area (Å²) in [4.78, 5) is 14.1. The van der Waals surface area contributed by atoms with E-state index in [1.165, 1.54) is 6.42 Å². The van der Waals surface area contributed by atoms with Gasteiger partial charge in [0.05, 0.1) is 18.7 Å². The molecule has 1 fully saturated rings. The van der Waals surface area contributed by atoms with E-state index >= 15 is 0 Å². The summed E-state index contributed by atoms with van der Waals surface area (Å²) in [7, 11) is 0. The highest BCUT2D eigenvalue weighted by Crippen LogP contribution is 2.31. The van der Waals surface area contributed by atoms with Gasteiger partial charge in [-0.1, -0.05) is 19.8 Å². The molecule has 1 amide bonds. The maximum atomic E-state index is 11.9. The second kappa shape index (κ2) is 7.84. The Morgan fingerprint density at radius 1 is 1.48 bits per heavy atom. The van der Waals surface area contributed by atoms with Crippen molar-refractivity contribution in [1.29, 1.82) is 5.26 Å². The lowest BCUT2D eigenvalue weighted by Gasteiger charge is -2.27. The van der Waals surface area contributed by atoms with Crippen molar-refractivity contribution in [2.45, 2.75) is 45.1 Å². The first kappa shape index (κ1) is 15.6. The first-order chi connectivity index (χ1) is 10.2. The number of carbonyl (C=O) groups excluding carboxylic acids is 1. The summed E-state index contributed by atoms with van der Waals surface area (Å²) in [5, 5.41) is 11.1. The third-order valence-electron chi connectivity index (χ3n) is 3.93. The molecule has 0 radical (unpaired) electrons. The van der Waals surface area contributed by atoms with Gasteiger partial charge in [-0.3, -0.25) is 9.69 Å². The van der Waals surface area contributed by atoms with Gasteiger partial charge in [-0.05, 0) is 31.5 Å². The highest BCUT2D eigenvalue weighted by atomic mass is 16.3. The van der Waals surface area contributed by atoms with Crippen LogP contribution in [0.3, 0.4) is 0 Å². The maximum absolute atomic E-state index is 11.9. The second-order valence-electron chi connectivity index (χ2n) is 5.43. The first-order valence-corrected chi connectivity index (χ1v) is 7.71. The van der Waals surface area contributed by atoms with Crippen LogP contribution in [0.4, 0.5) is 0 Å². The van der Waals surface area contributed by atoms with E-state index in [1.807, 2.05) is 18.2 Å². The molecular weight excluding hydrogens is 266 g/mol. The second-order valence-corrected chi connectivity index (χ2v) is 5.43. The lowest BCUT2D eigenvalue weighted by atomic mass is 10.1. The Morgan fingerprint density at radius 3 is 3.05 bits per heavy atom. The van der Waals surface area contributed by atoms with Gasteiger partial charge in [-0.2, -0.15) is 5.26 Å². The van der Waals surface area contributed by atoms with Crippen molar-refractivity contribution in [3.63, 3.8) is 0 Å². The topological polar surface area (TPSA) is 69.3 Å². The minimum atomic E-state index is -0.0919. The molecule has 1 aromatic heterocycles. The van der Waals surface area contributed by atoms with E-state index in [0.29, 0.717) is 6.54 Å². The molecule has 2 rings (SSSR count). The summed E-state index contributed by atoms with van der Waals surface area (Å²) in [6, 6.07) is 6.16. The number of furan rings is 1. The fourth-order valence-electron chi connectivity index (χ4n) is 2.82. The number of nitriles is 1. The average molecular weight is 289 g/mol. The zero-order chi connectivity index (χ0) is 15.1. The number of rotatable bonds is 5. The molecule has 0 aliphatic carbocycles. The van der Waals surface area contributed by atoms with Crippen LogP contribution in [0.25, 0.3) is 0 Å². The molecule has 0 bridgehead atoms. The Kier molecular flexibility index (Phi) is 5.82. The fraction of sp³-hybridized carbons (Fsp3) is 0.625. The van der Waals surface area contributed by atoms with Crippen LogP contribution in [0.15, 0.2) is 16.5 Å². The van der Waals surface area contributed by atoms with Crippen LogP contribution in [0.2, 0.25) is 0 Å². The van der Waals surface area contributed by atoms with E-state index in [0.717, 1.165) is 43.7 Å². The number of likely N-dealkylation sites (tertiary alicyclic amines) is 1. The number of nitrogens with one attached hydrogen (secondary N) is 1. The van der Waals surface area contributed by atoms with E-state index in [-0.39, 0.29) is 18.5 Å². The van der Waals surface area contributed by atoms with Gasteiger partial charge in [-0.15, -0.1) is 0 Å². The molecular formula is C16H23N3O2. The minimum Gasteiger partial charge on any atom is -0.464 e. The summed E-state index contributed by atoms with van der Waals surface area (Å²) >= 11 is 0. The van der Waals surface area contributed by atoms with Crippen LogP contribution >= 0.6 is 0 Å². The van der Waals surface area contributed by atoms with Gasteiger partial charge in [0.2, 0.25) is 5.91 Å². The molecule has 1 aromatic rings. The number of nitrogens with zero attached hydrogens (tertiary/aromatic N) is 2. The number of hydrogen-bond acceptors (Lipinski definition) is 4. The molecule has 0 saturated carbocycles. The van der Waals surface area contributed by atoms with Crippen LogP contribution in [0, 0.1) is 11.3 Å². The monoisotopic (exact) mass is 289 g/mol. The highest BCUT2D eigenvalue weighted by molar-refractivity contribution is 5.78. The molecule has 1 atom stereocenters. The SMILES string of the molecule is CCc1ccc(C2CCCCCN2CC(=O)NCC#N)o1. The molecule has 1 N–H and O–H groups in total. The van der Waals surface area contributed by atoms with Gasteiger partial charge in [-0.25, -0.2) is 0 Å². The number of aryl methyl sites for hydroxylation is 1. The molecule has 1 unspecified atom stereocenters. The summed E-state index contributed by atoms with van der Waals surface area (Å²) in [5.41, 5.74) is 0. The van der Waals surface area contributed by atoms with E-state index < -0.39 is 0 Å². The smallest absolute Gasteiger partial charge is 0.235 e. The normalized spacial score (nSPS) is 19.7. The minimum absolute atomic E-state index is 0.0675. The molecule has 1 aliphatic heterocycles. The quantitative estimate of drug-likeness (QED) is 0.845. The highest BCUT2D eigenvalue weighted by Gasteiger charge is 2.26. The number of carbonyl (C=O) groups is 1. The van der Waals surface area contributed by atoms with Crippen molar-refractivity contribution in [2.24, 2.45) is 0 Å². The predicted octanol–water partition coefficient (Wildman–Crippen LogP) is 2.40. The third-order valence-corrected chi connectivity index (χ3v) is 3.93. The third kappa shape index (κ3) is 4.33. The van der Waals surface area contributed by atoms with Gasteiger partial charge < -0.3 is 9.73 Å². The van der Waals surface area contributed by atoms with Crippen LogP contribution < -0.4 is 5.32 Å². The van der Waals surface area contributed by atoms with Crippen LogP contribution in [-0.2, 0) is 11.2 Å². The van der Waals surface area contributed by atoms with Crippen molar-refractivity contribution in [2.75, 3.05) is 19.6 Å². The average Bonchev–Trinajstić information content (AvgIpc) is 2.85. The summed E-state index contributed by atoms with van der Waals surface area (Å²) < 4.78 is 5.90. The van der Waals surface area contributed by atoms with E-state index in [9.17, 15) is 4.79 Å². The maximum Gasteiger partial charge on any atom is 0.235 e. The fourth-order valence-corrected chi connectivity index (χ4v) is 2.82. The summed E-state index contributed by atoms with van der Waals surface area (Å²) in [5.74, 6) is 1.86.